The van der Waals surface area contributed by atoms with Gasteiger partial charge in [0.1, 0.15) is 0 Å². The van der Waals surface area contributed by atoms with Crippen molar-refractivity contribution in [1.82, 2.24) is 10.2 Å². The van der Waals surface area contributed by atoms with Gasteiger partial charge in [-0.3, -0.25) is 4.90 Å². The Bertz CT molecular complexity index is 418. The molecule has 2 unspecified atom stereocenters. The van der Waals surface area contributed by atoms with Crippen LogP contribution < -0.4 is 5.32 Å². The van der Waals surface area contributed by atoms with Crippen LogP contribution in [0.25, 0.3) is 0 Å². The fourth-order valence-corrected chi connectivity index (χ4v) is 3.06. The normalized spacial score (nSPS) is 26.9. The van der Waals surface area contributed by atoms with E-state index in [1.807, 2.05) is 0 Å². The Kier molecular flexibility index (Phi) is 5.28. The summed E-state index contributed by atoms with van der Waals surface area (Å²) in [6.45, 7) is 7.46. The van der Waals surface area contributed by atoms with E-state index in [1.54, 1.807) is 0 Å². The molecule has 2 fully saturated rings. The highest BCUT2D eigenvalue weighted by molar-refractivity contribution is 5.16. The van der Waals surface area contributed by atoms with Crippen molar-refractivity contribution < 1.29 is 4.74 Å². The lowest BCUT2D eigenvalue weighted by Crippen LogP contribution is -2.56. The molecular weight excluding hydrogens is 260 g/mol. The Morgan fingerprint density at radius 3 is 2.81 bits per heavy atom. The van der Waals surface area contributed by atoms with Crippen molar-refractivity contribution >= 4 is 0 Å². The molecule has 1 aromatic rings. The van der Waals surface area contributed by atoms with Gasteiger partial charge in [-0.2, -0.15) is 0 Å². The second kappa shape index (κ2) is 7.39. The van der Waals surface area contributed by atoms with Gasteiger partial charge >= 0.3 is 0 Å². The average molecular weight is 288 g/mol. The Morgan fingerprint density at radius 1 is 1.24 bits per heavy atom. The largest absolute Gasteiger partial charge is 0.380 e. The van der Waals surface area contributed by atoms with E-state index < -0.39 is 0 Å². The number of hydrogen-bond acceptors (Lipinski definition) is 3. The van der Waals surface area contributed by atoms with Gasteiger partial charge in [0.15, 0.2) is 0 Å². The first-order valence-corrected chi connectivity index (χ1v) is 8.40. The van der Waals surface area contributed by atoms with Crippen molar-refractivity contribution in [2.45, 2.75) is 38.3 Å². The van der Waals surface area contributed by atoms with E-state index in [9.17, 15) is 0 Å². The summed E-state index contributed by atoms with van der Waals surface area (Å²) in [5.74, 6) is 0.872. The zero-order chi connectivity index (χ0) is 14.5. The van der Waals surface area contributed by atoms with Gasteiger partial charge in [-0.05, 0) is 37.7 Å². The molecule has 21 heavy (non-hydrogen) atoms. The Hall–Kier alpha value is -0.900. The second-order valence-corrected chi connectivity index (χ2v) is 6.66. The molecular formula is C18H28N2O. The SMILES string of the molecule is CC1CNC(Cc2ccccc2)CN1CCOCC1CC1. The highest BCUT2D eigenvalue weighted by Crippen LogP contribution is 2.28. The fourth-order valence-electron chi connectivity index (χ4n) is 3.06. The van der Waals surface area contributed by atoms with Crippen molar-refractivity contribution in [3.05, 3.63) is 35.9 Å². The molecule has 0 spiro atoms. The fraction of sp³-hybridized carbons (Fsp3) is 0.667. The molecule has 1 aliphatic heterocycles. The van der Waals surface area contributed by atoms with Crippen LogP contribution in [-0.4, -0.2) is 49.8 Å². The molecule has 2 aliphatic rings. The predicted octanol–water partition coefficient (Wildman–Crippen LogP) is 2.32. The number of piperazine rings is 1. The highest BCUT2D eigenvalue weighted by Gasteiger charge is 2.25. The van der Waals surface area contributed by atoms with Crippen molar-refractivity contribution in [1.29, 1.82) is 0 Å². The standard InChI is InChI=1S/C18H28N2O/c1-15-12-19-18(11-16-5-3-2-4-6-16)13-20(15)9-10-21-14-17-7-8-17/h2-6,15,17-19H,7-14H2,1H3. The maximum absolute atomic E-state index is 5.80. The highest BCUT2D eigenvalue weighted by atomic mass is 16.5. The first kappa shape index (κ1) is 15.0. The summed E-state index contributed by atoms with van der Waals surface area (Å²) < 4.78 is 5.80. The number of ether oxygens (including phenoxy) is 1. The molecule has 0 bridgehead atoms. The first-order chi connectivity index (χ1) is 10.3. The number of rotatable bonds is 7. The summed E-state index contributed by atoms with van der Waals surface area (Å²) in [4.78, 5) is 2.58. The maximum Gasteiger partial charge on any atom is 0.0593 e. The number of benzene rings is 1. The molecule has 3 heteroatoms. The van der Waals surface area contributed by atoms with Gasteiger partial charge in [0, 0.05) is 38.3 Å². The summed E-state index contributed by atoms with van der Waals surface area (Å²) >= 11 is 0. The molecule has 1 heterocycles. The topological polar surface area (TPSA) is 24.5 Å². The van der Waals surface area contributed by atoms with Gasteiger partial charge in [0.2, 0.25) is 0 Å². The van der Waals surface area contributed by atoms with E-state index in [0.29, 0.717) is 12.1 Å². The number of hydrogen-bond donors (Lipinski definition) is 1. The van der Waals surface area contributed by atoms with Crippen LogP contribution >= 0.6 is 0 Å². The third-order valence-electron chi connectivity index (χ3n) is 4.68. The van der Waals surface area contributed by atoms with E-state index in [1.165, 1.54) is 18.4 Å². The summed E-state index contributed by atoms with van der Waals surface area (Å²) in [5.41, 5.74) is 1.43. The van der Waals surface area contributed by atoms with Gasteiger partial charge in [-0.25, -0.2) is 0 Å². The average Bonchev–Trinajstić information content (AvgIpc) is 3.32. The van der Waals surface area contributed by atoms with E-state index in [4.69, 9.17) is 4.74 Å². The van der Waals surface area contributed by atoms with Crippen molar-refractivity contribution in [2.24, 2.45) is 5.92 Å². The molecule has 0 amide bonds. The molecule has 1 aliphatic carbocycles. The lowest BCUT2D eigenvalue weighted by molar-refractivity contribution is 0.0659. The van der Waals surface area contributed by atoms with Crippen LogP contribution in [0.2, 0.25) is 0 Å². The molecule has 1 saturated carbocycles. The van der Waals surface area contributed by atoms with Gasteiger partial charge in [0.25, 0.3) is 0 Å². The van der Waals surface area contributed by atoms with Crippen LogP contribution in [0, 0.1) is 5.92 Å². The maximum atomic E-state index is 5.80. The predicted molar refractivity (Wildman–Crippen MR) is 86.5 cm³/mol. The molecule has 2 atom stereocenters. The van der Waals surface area contributed by atoms with Crippen LogP contribution in [-0.2, 0) is 11.2 Å². The number of nitrogens with one attached hydrogen (secondary N) is 1. The third kappa shape index (κ3) is 4.80. The second-order valence-electron chi connectivity index (χ2n) is 6.66. The van der Waals surface area contributed by atoms with Crippen molar-refractivity contribution in [3.63, 3.8) is 0 Å². The van der Waals surface area contributed by atoms with Crippen LogP contribution in [0.1, 0.15) is 25.3 Å². The van der Waals surface area contributed by atoms with Crippen molar-refractivity contribution in [2.75, 3.05) is 32.8 Å². The van der Waals surface area contributed by atoms with E-state index in [-0.39, 0.29) is 0 Å². The lowest BCUT2D eigenvalue weighted by Gasteiger charge is -2.38. The number of nitrogens with zero attached hydrogens (tertiary/aromatic N) is 1. The molecule has 0 aromatic heterocycles. The third-order valence-corrected chi connectivity index (χ3v) is 4.68. The molecule has 3 nitrogen and oxygen atoms in total. The summed E-state index contributed by atoms with van der Waals surface area (Å²) in [7, 11) is 0. The van der Waals surface area contributed by atoms with Crippen molar-refractivity contribution in [3.8, 4) is 0 Å². The Labute approximate surface area is 128 Å². The van der Waals surface area contributed by atoms with Gasteiger partial charge < -0.3 is 10.1 Å². The van der Waals surface area contributed by atoms with Gasteiger partial charge in [-0.15, -0.1) is 0 Å². The summed E-state index contributed by atoms with van der Waals surface area (Å²) in [6.07, 6.45) is 3.87. The minimum atomic E-state index is 0.562. The van der Waals surface area contributed by atoms with Crippen LogP contribution in [0.3, 0.4) is 0 Å². The van der Waals surface area contributed by atoms with E-state index >= 15 is 0 Å². The van der Waals surface area contributed by atoms with Gasteiger partial charge in [-0.1, -0.05) is 30.3 Å². The Balaban J connectivity index is 1.42. The molecule has 116 valence electrons. The quantitative estimate of drug-likeness (QED) is 0.779. The summed E-state index contributed by atoms with van der Waals surface area (Å²) in [5, 5.41) is 3.68. The molecule has 1 saturated heterocycles. The van der Waals surface area contributed by atoms with Crippen LogP contribution in [0.5, 0.6) is 0 Å². The van der Waals surface area contributed by atoms with Gasteiger partial charge in [0.05, 0.1) is 6.61 Å². The first-order valence-electron chi connectivity index (χ1n) is 8.40. The van der Waals surface area contributed by atoms with Crippen LogP contribution in [0.4, 0.5) is 0 Å². The molecule has 3 rings (SSSR count). The lowest BCUT2D eigenvalue weighted by atomic mass is 10.0. The zero-order valence-corrected chi connectivity index (χ0v) is 13.1. The molecule has 1 N–H and O–H groups in total. The smallest absolute Gasteiger partial charge is 0.0593 e. The van der Waals surface area contributed by atoms with E-state index in [0.717, 1.165) is 45.2 Å². The minimum absolute atomic E-state index is 0.562. The minimum Gasteiger partial charge on any atom is -0.380 e. The summed E-state index contributed by atoms with van der Waals surface area (Å²) in [6, 6.07) is 12.0. The molecule has 0 radical (unpaired) electrons. The van der Waals surface area contributed by atoms with Crippen LogP contribution in [0.15, 0.2) is 30.3 Å². The van der Waals surface area contributed by atoms with E-state index in [2.05, 4.69) is 47.5 Å². The monoisotopic (exact) mass is 288 g/mol. The Morgan fingerprint density at radius 2 is 2.05 bits per heavy atom. The molecule has 1 aromatic carbocycles. The zero-order valence-electron chi connectivity index (χ0n) is 13.1.